The minimum absolute atomic E-state index is 0.729. The van der Waals surface area contributed by atoms with Gasteiger partial charge in [0.15, 0.2) is 0 Å². The Morgan fingerprint density at radius 1 is 1.08 bits per heavy atom. The summed E-state index contributed by atoms with van der Waals surface area (Å²) in [5.74, 6) is 0. The fraction of sp³-hybridized carbons (Fsp3) is 0.417. The van der Waals surface area contributed by atoms with Gasteiger partial charge in [0.2, 0.25) is 0 Å². The van der Waals surface area contributed by atoms with Gasteiger partial charge >= 0.3 is 0 Å². The average molecular weight is 178 g/mol. The molecule has 1 rings (SSSR count). The summed E-state index contributed by atoms with van der Waals surface area (Å²) in [5.41, 5.74) is 0.729. The van der Waals surface area contributed by atoms with Crippen molar-refractivity contribution in [2.75, 3.05) is 0 Å². The summed E-state index contributed by atoms with van der Waals surface area (Å²) in [6.45, 7) is 4.42. The number of carbonyl (C=O) groups excluding carboxylic acids is 1. The molecular weight excluding hydrogens is 160 g/mol. The normalized spacial score (nSPS) is 8.46. The van der Waals surface area contributed by atoms with E-state index < -0.39 is 0 Å². The minimum Gasteiger partial charge on any atom is -0.298 e. The summed E-state index contributed by atoms with van der Waals surface area (Å²) in [4.78, 5) is 10.0. The number of hydrogen-bond donors (Lipinski definition) is 0. The molecule has 1 nitrogen and oxygen atoms in total. The minimum atomic E-state index is 0.729. The molecule has 0 aliphatic heterocycles. The summed E-state index contributed by atoms with van der Waals surface area (Å²) in [6.07, 6.45) is 4.91. The van der Waals surface area contributed by atoms with Crippen LogP contribution in [-0.2, 0) is 0 Å². The molecule has 0 N–H and O–H groups in total. The molecule has 0 saturated carbocycles. The maximum atomic E-state index is 10.0. The quantitative estimate of drug-likeness (QED) is 0.645. The summed E-state index contributed by atoms with van der Waals surface area (Å²) < 4.78 is 0. The molecule has 0 amide bonds. The Hall–Kier alpha value is -1.11. The maximum absolute atomic E-state index is 10.0. The van der Waals surface area contributed by atoms with Crippen LogP contribution in [0.4, 0.5) is 0 Å². The molecule has 72 valence electrons. The first-order valence-corrected chi connectivity index (χ1v) is 4.85. The van der Waals surface area contributed by atoms with Gasteiger partial charge in [-0.1, -0.05) is 63.4 Å². The topological polar surface area (TPSA) is 17.1 Å². The van der Waals surface area contributed by atoms with E-state index in [1.165, 1.54) is 19.3 Å². The molecule has 0 aliphatic rings. The van der Waals surface area contributed by atoms with Crippen LogP contribution in [0.2, 0.25) is 0 Å². The molecule has 0 fully saturated rings. The number of aldehydes is 1. The van der Waals surface area contributed by atoms with E-state index in [0.29, 0.717) is 0 Å². The van der Waals surface area contributed by atoms with Crippen LogP contribution in [-0.4, -0.2) is 6.29 Å². The van der Waals surface area contributed by atoms with E-state index in [1.54, 1.807) is 12.1 Å². The average Bonchev–Trinajstić information content (AvgIpc) is 2.21. The van der Waals surface area contributed by atoms with Crippen molar-refractivity contribution in [1.29, 1.82) is 0 Å². The highest BCUT2D eigenvalue weighted by Gasteiger charge is 1.80. The van der Waals surface area contributed by atoms with E-state index in [-0.39, 0.29) is 0 Å². The van der Waals surface area contributed by atoms with Gasteiger partial charge in [-0.05, 0) is 0 Å². The van der Waals surface area contributed by atoms with Crippen LogP contribution < -0.4 is 0 Å². The monoisotopic (exact) mass is 178 g/mol. The Labute approximate surface area is 80.8 Å². The Morgan fingerprint density at radius 3 is 1.85 bits per heavy atom. The summed E-state index contributed by atoms with van der Waals surface area (Å²) in [5, 5.41) is 0. The van der Waals surface area contributed by atoms with Gasteiger partial charge in [0.25, 0.3) is 0 Å². The van der Waals surface area contributed by atoms with Gasteiger partial charge in [-0.3, -0.25) is 4.79 Å². The van der Waals surface area contributed by atoms with Gasteiger partial charge in [-0.15, -0.1) is 0 Å². The maximum Gasteiger partial charge on any atom is 0.150 e. The van der Waals surface area contributed by atoms with E-state index in [1.807, 2.05) is 18.2 Å². The van der Waals surface area contributed by atoms with Gasteiger partial charge in [0, 0.05) is 5.56 Å². The van der Waals surface area contributed by atoms with E-state index >= 15 is 0 Å². The van der Waals surface area contributed by atoms with E-state index in [2.05, 4.69) is 13.8 Å². The van der Waals surface area contributed by atoms with Crippen molar-refractivity contribution in [2.45, 2.75) is 33.1 Å². The third kappa shape index (κ3) is 7.26. The predicted octanol–water partition coefficient (Wildman–Crippen LogP) is 3.70. The first-order chi connectivity index (χ1) is 6.35. The first-order valence-electron chi connectivity index (χ1n) is 4.85. The lowest BCUT2D eigenvalue weighted by atomic mass is 10.2. The molecule has 0 heterocycles. The lowest BCUT2D eigenvalue weighted by molar-refractivity contribution is 0.112. The Balaban J connectivity index is 0.000000252. The lowest BCUT2D eigenvalue weighted by Crippen LogP contribution is -1.73. The van der Waals surface area contributed by atoms with Crippen LogP contribution in [0.25, 0.3) is 0 Å². The van der Waals surface area contributed by atoms with Gasteiger partial charge in [-0.25, -0.2) is 0 Å². The second kappa shape index (κ2) is 8.98. The van der Waals surface area contributed by atoms with Gasteiger partial charge < -0.3 is 0 Å². The highest BCUT2D eigenvalue weighted by atomic mass is 16.1. The second-order valence-corrected chi connectivity index (χ2v) is 2.88. The van der Waals surface area contributed by atoms with Crippen LogP contribution in [0.3, 0.4) is 0 Å². The van der Waals surface area contributed by atoms with Crippen molar-refractivity contribution < 1.29 is 4.79 Å². The molecule has 1 heteroatoms. The Bertz CT molecular complexity index is 202. The standard InChI is InChI=1S/C7H6O.C5H12/c8-6-7-4-2-1-3-5-7;1-3-5-4-2/h1-6H;3-5H2,1-2H3. The molecule has 13 heavy (non-hydrogen) atoms. The second-order valence-electron chi connectivity index (χ2n) is 2.88. The zero-order chi connectivity index (χ0) is 9.94. The largest absolute Gasteiger partial charge is 0.298 e. The van der Waals surface area contributed by atoms with Gasteiger partial charge in [0.05, 0.1) is 0 Å². The fourth-order valence-electron chi connectivity index (χ4n) is 0.885. The molecule has 0 saturated heterocycles. The molecule has 0 aliphatic carbocycles. The van der Waals surface area contributed by atoms with Crippen LogP contribution in [0, 0.1) is 0 Å². The smallest absolute Gasteiger partial charge is 0.150 e. The lowest BCUT2D eigenvalue weighted by Gasteiger charge is -1.81. The molecule has 0 bridgehead atoms. The van der Waals surface area contributed by atoms with Crippen LogP contribution in [0.1, 0.15) is 43.5 Å². The van der Waals surface area contributed by atoms with E-state index in [0.717, 1.165) is 11.8 Å². The predicted molar refractivity (Wildman–Crippen MR) is 57.0 cm³/mol. The van der Waals surface area contributed by atoms with Crippen molar-refractivity contribution in [3.05, 3.63) is 35.9 Å². The number of carbonyl (C=O) groups is 1. The highest BCUT2D eigenvalue weighted by Crippen LogP contribution is 1.91. The van der Waals surface area contributed by atoms with Crippen LogP contribution >= 0.6 is 0 Å². The molecule has 0 spiro atoms. The highest BCUT2D eigenvalue weighted by molar-refractivity contribution is 5.74. The third-order valence-corrected chi connectivity index (χ3v) is 1.64. The first kappa shape index (κ1) is 11.9. The third-order valence-electron chi connectivity index (χ3n) is 1.64. The molecule has 1 aromatic rings. The van der Waals surface area contributed by atoms with Crippen molar-refractivity contribution >= 4 is 6.29 Å². The molecule has 0 atom stereocenters. The van der Waals surface area contributed by atoms with Gasteiger partial charge in [0.1, 0.15) is 6.29 Å². The zero-order valence-corrected chi connectivity index (χ0v) is 8.49. The van der Waals surface area contributed by atoms with E-state index in [9.17, 15) is 4.79 Å². The molecule has 0 radical (unpaired) electrons. The Morgan fingerprint density at radius 2 is 1.62 bits per heavy atom. The van der Waals surface area contributed by atoms with Gasteiger partial charge in [-0.2, -0.15) is 0 Å². The summed E-state index contributed by atoms with van der Waals surface area (Å²) in [6, 6.07) is 9.10. The SMILES string of the molecule is CCCCC.O=Cc1ccccc1. The zero-order valence-electron chi connectivity index (χ0n) is 8.49. The van der Waals surface area contributed by atoms with E-state index in [4.69, 9.17) is 0 Å². The summed E-state index contributed by atoms with van der Waals surface area (Å²) >= 11 is 0. The summed E-state index contributed by atoms with van der Waals surface area (Å²) in [7, 11) is 0. The van der Waals surface area contributed by atoms with Crippen molar-refractivity contribution in [2.24, 2.45) is 0 Å². The van der Waals surface area contributed by atoms with Crippen LogP contribution in [0.15, 0.2) is 30.3 Å². The number of hydrogen-bond acceptors (Lipinski definition) is 1. The molecule has 0 aromatic heterocycles. The number of rotatable bonds is 3. The van der Waals surface area contributed by atoms with Crippen molar-refractivity contribution in [3.63, 3.8) is 0 Å². The molecule has 1 aromatic carbocycles. The number of unbranched alkanes of at least 4 members (excludes halogenated alkanes) is 2. The fourth-order valence-corrected chi connectivity index (χ4v) is 0.885. The van der Waals surface area contributed by atoms with Crippen molar-refractivity contribution in [1.82, 2.24) is 0 Å². The number of benzene rings is 1. The molecular formula is C12H18O. The van der Waals surface area contributed by atoms with Crippen molar-refractivity contribution in [3.8, 4) is 0 Å². The molecule has 0 unspecified atom stereocenters. The van der Waals surface area contributed by atoms with Crippen LogP contribution in [0.5, 0.6) is 0 Å². The Kier molecular flexibility index (Phi) is 8.21.